The van der Waals surface area contributed by atoms with Crippen molar-refractivity contribution in [2.45, 2.75) is 0 Å². The van der Waals surface area contributed by atoms with E-state index in [1.54, 1.807) is 18.7 Å². The van der Waals surface area contributed by atoms with Gasteiger partial charge in [0.25, 0.3) is 5.52 Å². The molecule has 1 aromatic carbocycles. The number of benzene rings is 1. The fraction of sp³-hybridized carbons (Fsp3) is 0.353. The van der Waals surface area contributed by atoms with E-state index < -0.39 is 0 Å². The summed E-state index contributed by atoms with van der Waals surface area (Å²) in [7, 11) is 3.27. The third-order valence-corrected chi connectivity index (χ3v) is 4.89. The highest BCUT2D eigenvalue weighted by molar-refractivity contribution is 5.64. The molecule has 0 atom stereocenters. The molecule has 1 aliphatic heterocycles. The molecule has 1 aliphatic rings. The van der Waals surface area contributed by atoms with Crippen LogP contribution in [0.25, 0.3) is 11.2 Å². The maximum atomic E-state index is 12.3. The van der Waals surface area contributed by atoms with Gasteiger partial charge < -0.3 is 14.9 Å². The first kappa shape index (κ1) is 15.5. The van der Waals surface area contributed by atoms with Gasteiger partial charge in [0.05, 0.1) is 0 Å². The molecule has 8 nitrogen and oxygen atoms in total. The molecular formula is C17H22N6O2+2. The molecule has 3 aromatic rings. The molecule has 0 aliphatic carbocycles. The Balaban J connectivity index is 1.61. The van der Waals surface area contributed by atoms with Crippen LogP contribution in [-0.4, -0.2) is 40.8 Å². The van der Waals surface area contributed by atoms with Crippen molar-refractivity contribution in [2.24, 2.45) is 14.1 Å². The Hall–Kier alpha value is -3.03. The molecule has 1 fully saturated rings. The van der Waals surface area contributed by atoms with Crippen LogP contribution < -0.4 is 24.9 Å². The zero-order chi connectivity index (χ0) is 17.6. The summed E-state index contributed by atoms with van der Waals surface area (Å²) >= 11 is 0. The van der Waals surface area contributed by atoms with Gasteiger partial charge in [0.1, 0.15) is 14.1 Å². The largest absolute Gasteiger partial charge is 0.519 e. The number of aromatic nitrogens is 4. The lowest BCUT2D eigenvalue weighted by Crippen LogP contribution is -2.48. The van der Waals surface area contributed by atoms with Crippen molar-refractivity contribution in [3.05, 3.63) is 40.7 Å². The molecule has 2 aromatic heterocycles. The maximum Gasteiger partial charge on any atom is 0.519 e. The van der Waals surface area contributed by atoms with Gasteiger partial charge in [0.15, 0.2) is 0 Å². The Labute approximate surface area is 144 Å². The number of aromatic amines is 2. The predicted octanol–water partition coefficient (Wildman–Crippen LogP) is -0.463. The lowest BCUT2D eigenvalue weighted by Gasteiger charge is -2.34. The number of hydrogen-bond donors (Lipinski definition) is 2. The predicted molar refractivity (Wildman–Crippen MR) is 93.8 cm³/mol. The van der Waals surface area contributed by atoms with Crippen molar-refractivity contribution in [1.82, 2.24) is 9.55 Å². The number of nitrogens with one attached hydrogen (secondary N) is 2. The zero-order valence-corrected chi connectivity index (χ0v) is 14.4. The maximum absolute atomic E-state index is 12.3. The van der Waals surface area contributed by atoms with Crippen LogP contribution in [0, 0.1) is 0 Å². The van der Waals surface area contributed by atoms with Crippen LogP contribution in [0.3, 0.4) is 0 Å². The van der Waals surface area contributed by atoms with Crippen molar-refractivity contribution in [1.29, 1.82) is 0 Å². The van der Waals surface area contributed by atoms with Crippen LogP contribution in [-0.2, 0) is 14.1 Å². The average Bonchev–Trinajstić information content (AvgIpc) is 3.11. The van der Waals surface area contributed by atoms with Crippen molar-refractivity contribution in [3.63, 3.8) is 0 Å². The number of fused-ring (bicyclic) bond motifs is 1. The zero-order valence-electron chi connectivity index (χ0n) is 14.4. The summed E-state index contributed by atoms with van der Waals surface area (Å²) in [6.07, 6.45) is 0. The smallest absolute Gasteiger partial charge is 0.434 e. The van der Waals surface area contributed by atoms with E-state index in [-0.39, 0.29) is 11.6 Å². The van der Waals surface area contributed by atoms with Crippen LogP contribution in [0.2, 0.25) is 0 Å². The lowest BCUT2D eigenvalue weighted by atomic mass is 10.2. The van der Waals surface area contributed by atoms with E-state index in [4.69, 9.17) is 0 Å². The van der Waals surface area contributed by atoms with Gasteiger partial charge in [0, 0.05) is 31.9 Å². The van der Waals surface area contributed by atoms with E-state index in [1.807, 2.05) is 6.07 Å². The minimum Gasteiger partial charge on any atom is -0.434 e. The van der Waals surface area contributed by atoms with Crippen LogP contribution in [0.5, 0.6) is 6.01 Å². The van der Waals surface area contributed by atoms with E-state index in [2.05, 4.69) is 44.0 Å². The fourth-order valence-corrected chi connectivity index (χ4v) is 3.36. The molecule has 0 radical (unpaired) electrons. The number of anilines is 2. The summed E-state index contributed by atoms with van der Waals surface area (Å²) < 4.78 is 2.79. The summed E-state index contributed by atoms with van der Waals surface area (Å²) in [5.41, 5.74) is 2.02. The Morgan fingerprint density at radius 3 is 2.44 bits per heavy atom. The van der Waals surface area contributed by atoms with Crippen LogP contribution >= 0.6 is 0 Å². The highest BCUT2D eigenvalue weighted by Crippen LogP contribution is 2.17. The first-order chi connectivity index (χ1) is 12.1. The van der Waals surface area contributed by atoms with Gasteiger partial charge >= 0.3 is 23.2 Å². The van der Waals surface area contributed by atoms with Gasteiger partial charge in [-0.3, -0.25) is 4.98 Å². The van der Waals surface area contributed by atoms with Crippen LogP contribution in [0.15, 0.2) is 35.1 Å². The topological polar surface area (TPSA) is 82.5 Å². The average molecular weight is 342 g/mol. The molecule has 130 valence electrons. The third-order valence-electron chi connectivity index (χ3n) is 4.89. The highest BCUT2D eigenvalue weighted by atomic mass is 16.3. The Kier molecular flexibility index (Phi) is 3.60. The standard InChI is InChI=1S/C17H20N6O2/c1-20-14-13(15(24)21(2)17(20)25)18-16(19-14)23-10-8-22(9-11-23)12-6-4-3-5-7-12/h3-7H,8-11H2,1-2H3,(H,18,19,24)/p+2. The summed E-state index contributed by atoms with van der Waals surface area (Å²) in [5.74, 6) is 0.793. The van der Waals surface area contributed by atoms with Gasteiger partial charge in [-0.25, -0.2) is 4.79 Å². The van der Waals surface area contributed by atoms with E-state index in [0.29, 0.717) is 11.2 Å². The highest BCUT2D eigenvalue weighted by Gasteiger charge is 2.30. The van der Waals surface area contributed by atoms with Crippen LogP contribution in [0.1, 0.15) is 0 Å². The van der Waals surface area contributed by atoms with E-state index in [9.17, 15) is 9.90 Å². The molecule has 3 N–H and O–H groups in total. The van der Waals surface area contributed by atoms with Gasteiger partial charge in [-0.05, 0) is 12.1 Å². The van der Waals surface area contributed by atoms with Crippen molar-refractivity contribution < 1.29 is 14.7 Å². The Morgan fingerprint density at radius 2 is 1.76 bits per heavy atom. The number of hydrogen-bond acceptors (Lipinski definition) is 4. The number of nitrogens with zero attached hydrogens (tertiary/aromatic N) is 4. The summed E-state index contributed by atoms with van der Waals surface area (Å²) in [4.78, 5) is 23.3. The lowest BCUT2D eigenvalue weighted by molar-refractivity contribution is -0.690. The van der Waals surface area contributed by atoms with Gasteiger partial charge in [-0.15, -0.1) is 9.13 Å². The van der Waals surface area contributed by atoms with Crippen molar-refractivity contribution in [3.8, 4) is 6.01 Å². The van der Waals surface area contributed by atoms with Gasteiger partial charge in [-0.1, -0.05) is 18.2 Å². The molecule has 1 saturated heterocycles. The van der Waals surface area contributed by atoms with E-state index in [1.165, 1.54) is 10.3 Å². The second-order valence-electron chi connectivity index (χ2n) is 6.36. The number of aryl methyl sites for hydroxylation is 1. The molecule has 0 bridgehead atoms. The molecular weight excluding hydrogens is 320 g/mol. The van der Waals surface area contributed by atoms with Crippen molar-refractivity contribution in [2.75, 3.05) is 36.0 Å². The minimum absolute atomic E-state index is 0.0896. The van der Waals surface area contributed by atoms with Gasteiger partial charge in [0.2, 0.25) is 0 Å². The first-order valence-electron chi connectivity index (χ1n) is 8.34. The molecule has 0 spiro atoms. The number of H-pyrrole nitrogens is 2. The molecule has 0 unspecified atom stereocenters. The first-order valence-corrected chi connectivity index (χ1v) is 8.34. The third kappa shape index (κ3) is 2.50. The number of imidazole rings is 1. The SMILES string of the molecule is Cn1c(O)[n+](C)c2[nH+]c(N3CCN(c4ccccc4)CC3)[nH]c2c1=O. The molecule has 8 heteroatoms. The molecule has 4 rings (SSSR count). The van der Waals surface area contributed by atoms with Crippen LogP contribution in [0.4, 0.5) is 11.6 Å². The minimum atomic E-state index is -0.254. The fourth-order valence-electron chi connectivity index (χ4n) is 3.36. The molecule has 0 amide bonds. The second-order valence-corrected chi connectivity index (χ2v) is 6.36. The molecule has 0 saturated carbocycles. The quantitative estimate of drug-likeness (QED) is 0.618. The Bertz CT molecular complexity index is 970. The Morgan fingerprint density at radius 1 is 1.12 bits per heavy atom. The summed E-state index contributed by atoms with van der Waals surface area (Å²) in [6, 6.07) is 10.3. The second kappa shape index (κ2) is 5.80. The number of aromatic hydroxyl groups is 1. The molecule has 25 heavy (non-hydrogen) atoms. The van der Waals surface area contributed by atoms with E-state index >= 15 is 0 Å². The van der Waals surface area contributed by atoms with Gasteiger partial charge in [-0.2, -0.15) is 4.98 Å². The van der Waals surface area contributed by atoms with E-state index in [0.717, 1.165) is 32.1 Å². The number of piperazine rings is 1. The summed E-state index contributed by atoms with van der Waals surface area (Å²) in [5, 5.41) is 10.0. The number of para-hydroxylation sites is 1. The van der Waals surface area contributed by atoms with Crippen molar-refractivity contribution >= 4 is 22.8 Å². The molecule has 3 heterocycles. The summed E-state index contributed by atoms with van der Waals surface area (Å²) in [6.45, 7) is 3.49. The number of rotatable bonds is 2. The monoisotopic (exact) mass is 342 g/mol. The normalized spacial score (nSPS) is 15.1.